The van der Waals surface area contributed by atoms with Crippen LogP contribution in [0.15, 0.2) is 36.7 Å². The molecule has 0 aliphatic carbocycles. The number of ether oxygens (including phenoxy) is 1. The Morgan fingerprint density at radius 1 is 1.22 bits per heavy atom. The van der Waals surface area contributed by atoms with Gasteiger partial charge in [-0.3, -0.25) is 0 Å². The molecule has 3 rings (SSSR count). The van der Waals surface area contributed by atoms with Gasteiger partial charge in [0.1, 0.15) is 6.07 Å². The van der Waals surface area contributed by atoms with Gasteiger partial charge in [0.05, 0.1) is 30.2 Å². The highest BCUT2D eigenvalue weighted by molar-refractivity contribution is 6.34. The molecule has 0 saturated carbocycles. The van der Waals surface area contributed by atoms with E-state index in [2.05, 4.69) is 15.3 Å². The highest BCUT2D eigenvalue weighted by atomic mass is 35.5. The van der Waals surface area contributed by atoms with Crippen LogP contribution in [0.25, 0.3) is 16.8 Å². The smallest absolute Gasteiger partial charge is 0.213 e. The van der Waals surface area contributed by atoms with Gasteiger partial charge in [0, 0.05) is 22.2 Å². The Morgan fingerprint density at radius 2 is 2.04 bits per heavy atom. The largest absolute Gasteiger partial charge is 0.481 e. The average Bonchev–Trinajstić information content (AvgIpc) is 3.04. The summed E-state index contributed by atoms with van der Waals surface area (Å²) in [5.41, 5.74) is 2.30. The quantitative estimate of drug-likeness (QED) is 0.725. The highest BCUT2D eigenvalue weighted by Gasteiger charge is 2.14. The second-order valence-corrected chi connectivity index (χ2v) is 5.37. The third-order valence-corrected chi connectivity index (χ3v) is 3.68. The van der Waals surface area contributed by atoms with Crippen molar-refractivity contribution in [2.24, 2.45) is 0 Å². The fourth-order valence-electron chi connectivity index (χ4n) is 2.09. The zero-order chi connectivity index (χ0) is 16.4. The number of nitriles is 1. The zero-order valence-corrected chi connectivity index (χ0v) is 13.4. The van der Waals surface area contributed by atoms with Gasteiger partial charge >= 0.3 is 0 Å². The molecule has 0 aliphatic heterocycles. The molecule has 0 bridgehead atoms. The van der Waals surface area contributed by atoms with Crippen molar-refractivity contribution in [1.29, 1.82) is 5.26 Å². The topological polar surface area (TPSA) is 76.6 Å². The molecule has 2 aromatic heterocycles. The maximum atomic E-state index is 8.91. The van der Waals surface area contributed by atoms with Gasteiger partial charge in [0.25, 0.3) is 0 Å². The Labute approximate surface area is 141 Å². The second kappa shape index (κ2) is 6.24. The van der Waals surface area contributed by atoms with Crippen molar-refractivity contribution in [3.05, 3.63) is 52.4 Å². The van der Waals surface area contributed by atoms with Crippen LogP contribution in [0.2, 0.25) is 10.0 Å². The molecule has 0 amide bonds. The van der Waals surface area contributed by atoms with E-state index in [9.17, 15) is 0 Å². The van der Waals surface area contributed by atoms with E-state index in [4.69, 9.17) is 33.2 Å². The van der Waals surface area contributed by atoms with Crippen LogP contribution < -0.4 is 4.74 Å². The first-order valence-corrected chi connectivity index (χ1v) is 7.20. The van der Waals surface area contributed by atoms with Crippen molar-refractivity contribution in [2.45, 2.75) is 0 Å². The highest BCUT2D eigenvalue weighted by Crippen LogP contribution is 2.35. The van der Waals surface area contributed by atoms with Gasteiger partial charge in [0.2, 0.25) is 5.88 Å². The van der Waals surface area contributed by atoms with Gasteiger partial charge in [0.15, 0.2) is 5.69 Å². The molecule has 6 nitrogen and oxygen atoms in total. The summed E-state index contributed by atoms with van der Waals surface area (Å²) in [6, 6.07) is 8.90. The Hall–Kier alpha value is -2.62. The molecule has 2 heterocycles. The monoisotopic (exact) mass is 345 g/mol. The third-order valence-electron chi connectivity index (χ3n) is 3.14. The van der Waals surface area contributed by atoms with Gasteiger partial charge in [-0.25, -0.2) is 9.67 Å². The summed E-state index contributed by atoms with van der Waals surface area (Å²) in [6.45, 7) is 0. The first-order valence-electron chi connectivity index (χ1n) is 6.44. The fourth-order valence-corrected chi connectivity index (χ4v) is 2.47. The molecule has 1 aromatic carbocycles. The van der Waals surface area contributed by atoms with E-state index in [-0.39, 0.29) is 5.69 Å². The summed E-state index contributed by atoms with van der Waals surface area (Å²) in [5.74, 6) is 0.423. The van der Waals surface area contributed by atoms with Crippen LogP contribution in [0.4, 0.5) is 0 Å². The lowest BCUT2D eigenvalue weighted by Crippen LogP contribution is -1.99. The lowest BCUT2D eigenvalue weighted by Gasteiger charge is -2.12. The molecule has 0 unspecified atom stereocenters. The fraction of sp³-hybridized carbons (Fsp3) is 0.0667. The van der Waals surface area contributed by atoms with E-state index in [1.54, 1.807) is 24.3 Å². The van der Waals surface area contributed by atoms with E-state index < -0.39 is 0 Å². The van der Waals surface area contributed by atoms with E-state index >= 15 is 0 Å². The molecule has 0 spiro atoms. The number of hydrogen-bond acceptors (Lipinski definition) is 5. The molecule has 3 aromatic rings. The van der Waals surface area contributed by atoms with Crippen LogP contribution in [-0.4, -0.2) is 27.1 Å². The Kier molecular flexibility index (Phi) is 4.15. The molecule has 0 aliphatic rings. The van der Waals surface area contributed by atoms with Crippen molar-refractivity contribution < 1.29 is 4.74 Å². The van der Waals surface area contributed by atoms with Crippen LogP contribution in [0, 0.1) is 11.3 Å². The van der Waals surface area contributed by atoms with Crippen molar-refractivity contribution in [3.8, 4) is 28.8 Å². The van der Waals surface area contributed by atoms with Crippen molar-refractivity contribution in [2.75, 3.05) is 7.11 Å². The van der Waals surface area contributed by atoms with Crippen LogP contribution in [0.5, 0.6) is 5.88 Å². The number of hydrogen-bond donors (Lipinski definition) is 0. The number of halogens is 2. The van der Waals surface area contributed by atoms with E-state index in [1.165, 1.54) is 24.2 Å². The summed E-state index contributed by atoms with van der Waals surface area (Å²) in [6.07, 6.45) is 3.03. The van der Waals surface area contributed by atoms with Crippen molar-refractivity contribution in [1.82, 2.24) is 20.0 Å². The zero-order valence-electron chi connectivity index (χ0n) is 11.9. The number of methoxy groups -OCH3 is 1. The Balaban J connectivity index is 2.23. The molecule has 0 radical (unpaired) electrons. The predicted molar refractivity (Wildman–Crippen MR) is 85.9 cm³/mol. The Morgan fingerprint density at radius 3 is 2.74 bits per heavy atom. The molecule has 0 saturated heterocycles. The van der Waals surface area contributed by atoms with Gasteiger partial charge in [-0.1, -0.05) is 28.4 Å². The van der Waals surface area contributed by atoms with E-state index in [1.807, 2.05) is 6.07 Å². The van der Waals surface area contributed by atoms with Crippen molar-refractivity contribution in [3.63, 3.8) is 0 Å². The average molecular weight is 346 g/mol. The molecule has 0 fully saturated rings. The van der Waals surface area contributed by atoms with Gasteiger partial charge in [-0.2, -0.15) is 5.26 Å². The number of pyridine rings is 1. The minimum Gasteiger partial charge on any atom is -0.481 e. The predicted octanol–water partition coefficient (Wildman–Crippen LogP) is 3.52. The molecule has 114 valence electrons. The standard InChI is InChI=1S/C15H9Cl2N5O/c1-23-15-5-11(13(17)7-19-15)12-4-9(16)2-3-14(12)22-8-10(6-18)20-21-22/h2-5,7-8H,1H3. The van der Waals surface area contributed by atoms with Crippen LogP contribution in [-0.2, 0) is 0 Å². The normalized spacial score (nSPS) is 10.3. The molecule has 8 heteroatoms. The van der Waals surface area contributed by atoms with E-state index in [0.29, 0.717) is 27.2 Å². The van der Waals surface area contributed by atoms with Crippen LogP contribution >= 0.6 is 23.2 Å². The number of aromatic nitrogens is 4. The minimum atomic E-state index is 0.212. The molecule has 0 atom stereocenters. The van der Waals surface area contributed by atoms with Gasteiger partial charge in [-0.05, 0) is 18.2 Å². The summed E-state index contributed by atoms with van der Waals surface area (Å²) in [4.78, 5) is 4.06. The first-order chi connectivity index (χ1) is 11.1. The van der Waals surface area contributed by atoms with Crippen molar-refractivity contribution >= 4 is 23.2 Å². The summed E-state index contributed by atoms with van der Waals surface area (Å²) in [5, 5.41) is 17.6. The van der Waals surface area contributed by atoms with Gasteiger partial charge < -0.3 is 4.74 Å². The molecule has 0 N–H and O–H groups in total. The van der Waals surface area contributed by atoms with E-state index in [0.717, 1.165) is 5.56 Å². The lowest BCUT2D eigenvalue weighted by molar-refractivity contribution is 0.398. The first kappa shape index (κ1) is 15.3. The summed E-state index contributed by atoms with van der Waals surface area (Å²) >= 11 is 12.4. The maximum Gasteiger partial charge on any atom is 0.213 e. The SMILES string of the molecule is COc1cc(-c2cc(Cl)ccc2-n2cc(C#N)nn2)c(Cl)cn1. The van der Waals surface area contributed by atoms with Gasteiger partial charge in [-0.15, -0.1) is 5.10 Å². The molecular formula is C15H9Cl2N5O. The number of benzene rings is 1. The minimum absolute atomic E-state index is 0.212. The second-order valence-electron chi connectivity index (χ2n) is 4.53. The summed E-state index contributed by atoms with van der Waals surface area (Å²) < 4.78 is 6.64. The van der Waals surface area contributed by atoms with Crippen LogP contribution in [0.1, 0.15) is 5.69 Å². The molecular weight excluding hydrogens is 337 g/mol. The van der Waals surface area contributed by atoms with Crippen LogP contribution in [0.3, 0.4) is 0 Å². The molecule has 23 heavy (non-hydrogen) atoms. The summed E-state index contributed by atoms with van der Waals surface area (Å²) in [7, 11) is 1.52. The third kappa shape index (κ3) is 2.97. The Bertz CT molecular complexity index is 916. The number of rotatable bonds is 3. The lowest BCUT2D eigenvalue weighted by atomic mass is 10.0. The number of nitrogens with zero attached hydrogens (tertiary/aromatic N) is 5. The maximum absolute atomic E-state index is 8.91.